The maximum atomic E-state index is 13.7. The molecule has 1 saturated heterocycles. The van der Waals surface area contributed by atoms with Crippen molar-refractivity contribution in [3.8, 4) is 0 Å². The summed E-state index contributed by atoms with van der Waals surface area (Å²) in [7, 11) is 1.84. The fraction of sp³-hybridized carbons (Fsp3) is 0.500. The van der Waals surface area contributed by atoms with Crippen molar-refractivity contribution in [2.24, 2.45) is 0 Å². The number of nitrogens with zero attached hydrogens (tertiary/aromatic N) is 1. The first-order valence-corrected chi connectivity index (χ1v) is 5.43. The van der Waals surface area contributed by atoms with Crippen LogP contribution in [-0.4, -0.2) is 31.4 Å². The molecule has 1 aromatic carbocycles. The summed E-state index contributed by atoms with van der Waals surface area (Å²) >= 11 is 0. The number of likely N-dealkylation sites (N-methyl/N-ethyl adjacent to an activating group) is 1. The van der Waals surface area contributed by atoms with Gasteiger partial charge >= 0.3 is 0 Å². The van der Waals surface area contributed by atoms with Gasteiger partial charge in [-0.2, -0.15) is 0 Å². The van der Waals surface area contributed by atoms with E-state index in [1.807, 2.05) is 11.9 Å². The largest absolute Gasteiger partial charge is 0.392 e. The van der Waals surface area contributed by atoms with Crippen LogP contribution in [0.1, 0.15) is 12.0 Å². The number of rotatable bonds is 3. The second kappa shape index (κ2) is 4.80. The van der Waals surface area contributed by atoms with Crippen LogP contribution in [0.4, 0.5) is 10.1 Å². The maximum Gasteiger partial charge on any atom is 0.146 e. The van der Waals surface area contributed by atoms with E-state index in [2.05, 4.69) is 0 Å². The van der Waals surface area contributed by atoms with Crippen molar-refractivity contribution in [2.45, 2.75) is 19.1 Å². The smallest absolute Gasteiger partial charge is 0.146 e. The molecular weight excluding hydrogens is 209 g/mol. The van der Waals surface area contributed by atoms with E-state index in [0.29, 0.717) is 17.9 Å². The second-order valence-electron chi connectivity index (χ2n) is 4.03. The third-order valence-electron chi connectivity index (χ3n) is 3.05. The highest BCUT2D eigenvalue weighted by Gasteiger charge is 2.24. The lowest BCUT2D eigenvalue weighted by molar-refractivity contribution is 0.193. The highest BCUT2D eigenvalue weighted by atomic mass is 19.1. The number of ether oxygens (including phenoxy) is 1. The zero-order valence-electron chi connectivity index (χ0n) is 9.32. The van der Waals surface area contributed by atoms with E-state index in [-0.39, 0.29) is 18.5 Å². The molecule has 1 aliphatic rings. The summed E-state index contributed by atoms with van der Waals surface area (Å²) in [6.45, 7) is 1.19. The SMILES string of the molecule is CN(c1c(F)cccc1CO)C1CCOC1. The van der Waals surface area contributed by atoms with E-state index in [1.165, 1.54) is 6.07 Å². The lowest BCUT2D eigenvalue weighted by atomic mass is 10.1. The van der Waals surface area contributed by atoms with Gasteiger partial charge in [0.25, 0.3) is 0 Å². The van der Waals surface area contributed by atoms with Gasteiger partial charge in [-0.15, -0.1) is 0 Å². The van der Waals surface area contributed by atoms with E-state index in [0.717, 1.165) is 13.0 Å². The monoisotopic (exact) mass is 225 g/mol. The van der Waals surface area contributed by atoms with Crippen LogP contribution in [0.25, 0.3) is 0 Å². The zero-order valence-corrected chi connectivity index (χ0v) is 9.32. The molecule has 0 bridgehead atoms. The van der Waals surface area contributed by atoms with Crippen LogP contribution in [-0.2, 0) is 11.3 Å². The molecule has 4 heteroatoms. The Morgan fingerprint density at radius 3 is 3.00 bits per heavy atom. The number of halogens is 1. The fourth-order valence-electron chi connectivity index (χ4n) is 2.09. The van der Waals surface area contributed by atoms with Crippen molar-refractivity contribution in [1.82, 2.24) is 0 Å². The highest BCUT2D eigenvalue weighted by molar-refractivity contribution is 5.55. The quantitative estimate of drug-likeness (QED) is 0.847. The maximum absolute atomic E-state index is 13.7. The first kappa shape index (κ1) is 11.4. The Bertz CT molecular complexity index is 364. The Morgan fingerprint density at radius 1 is 1.56 bits per heavy atom. The topological polar surface area (TPSA) is 32.7 Å². The summed E-state index contributed by atoms with van der Waals surface area (Å²) in [4.78, 5) is 1.87. The number of benzene rings is 1. The molecular formula is C12H16FNO2. The van der Waals surface area contributed by atoms with Gasteiger partial charge in [0.15, 0.2) is 0 Å². The van der Waals surface area contributed by atoms with Crippen LogP contribution in [0.5, 0.6) is 0 Å². The molecule has 1 unspecified atom stereocenters. The molecule has 0 radical (unpaired) electrons. The Hall–Kier alpha value is -1.13. The molecule has 1 aliphatic heterocycles. The summed E-state index contributed by atoms with van der Waals surface area (Å²) in [5.41, 5.74) is 1.11. The van der Waals surface area contributed by atoms with E-state index in [1.54, 1.807) is 12.1 Å². The number of aliphatic hydroxyl groups is 1. The van der Waals surface area contributed by atoms with Crippen LogP contribution in [0.3, 0.4) is 0 Å². The van der Waals surface area contributed by atoms with Crippen molar-refractivity contribution in [2.75, 3.05) is 25.2 Å². The van der Waals surface area contributed by atoms with Crippen molar-refractivity contribution < 1.29 is 14.2 Å². The number of hydrogen-bond acceptors (Lipinski definition) is 3. The lowest BCUT2D eigenvalue weighted by Gasteiger charge is -2.27. The fourth-order valence-corrected chi connectivity index (χ4v) is 2.09. The molecule has 0 aromatic heterocycles. The molecule has 1 heterocycles. The molecule has 1 N–H and O–H groups in total. The number of hydrogen-bond donors (Lipinski definition) is 1. The Morgan fingerprint density at radius 2 is 2.38 bits per heavy atom. The molecule has 0 spiro atoms. The molecule has 1 atom stereocenters. The molecule has 88 valence electrons. The summed E-state index contributed by atoms with van der Waals surface area (Å²) in [6, 6.07) is 4.97. The summed E-state index contributed by atoms with van der Waals surface area (Å²) < 4.78 is 19.0. The minimum Gasteiger partial charge on any atom is -0.392 e. The highest BCUT2D eigenvalue weighted by Crippen LogP contribution is 2.27. The van der Waals surface area contributed by atoms with Gasteiger partial charge in [0, 0.05) is 19.2 Å². The van der Waals surface area contributed by atoms with Crippen molar-refractivity contribution in [3.05, 3.63) is 29.6 Å². The summed E-state index contributed by atoms with van der Waals surface area (Å²) in [5.74, 6) is -0.291. The van der Waals surface area contributed by atoms with Crippen LogP contribution >= 0.6 is 0 Å². The normalized spacial score (nSPS) is 20.1. The average molecular weight is 225 g/mol. The van der Waals surface area contributed by atoms with Crippen LogP contribution < -0.4 is 4.90 Å². The molecule has 3 nitrogen and oxygen atoms in total. The van der Waals surface area contributed by atoms with E-state index in [4.69, 9.17) is 4.74 Å². The average Bonchev–Trinajstić information content (AvgIpc) is 2.81. The predicted molar refractivity (Wildman–Crippen MR) is 59.9 cm³/mol. The Balaban J connectivity index is 2.30. The first-order valence-electron chi connectivity index (χ1n) is 5.43. The van der Waals surface area contributed by atoms with Crippen molar-refractivity contribution >= 4 is 5.69 Å². The number of aliphatic hydroxyl groups excluding tert-OH is 1. The van der Waals surface area contributed by atoms with Crippen LogP contribution in [0.15, 0.2) is 18.2 Å². The second-order valence-corrected chi connectivity index (χ2v) is 4.03. The lowest BCUT2D eigenvalue weighted by Crippen LogP contribution is -2.33. The van der Waals surface area contributed by atoms with Crippen LogP contribution in [0.2, 0.25) is 0 Å². The molecule has 1 fully saturated rings. The van der Waals surface area contributed by atoms with Gasteiger partial charge in [0.05, 0.1) is 24.9 Å². The zero-order chi connectivity index (χ0) is 11.5. The van der Waals surface area contributed by atoms with Gasteiger partial charge in [-0.05, 0) is 12.5 Å². The van der Waals surface area contributed by atoms with Gasteiger partial charge in [0.2, 0.25) is 0 Å². The minimum absolute atomic E-state index is 0.148. The van der Waals surface area contributed by atoms with Gasteiger partial charge in [-0.3, -0.25) is 0 Å². The van der Waals surface area contributed by atoms with Gasteiger partial charge < -0.3 is 14.7 Å². The molecule has 0 saturated carbocycles. The molecule has 16 heavy (non-hydrogen) atoms. The minimum atomic E-state index is -0.291. The third-order valence-corrected chi connectivity index (χ3v) is 3.05. The number of para-hydroxylation sites is 1. The van der Waals surface area contributed by atoms with E-state index in [9.17, 15) is 9.50 Å². The first-order chi connectivity index (χ1) is 7.74. The van der Waals surface area contributed by atoms with E-state index >= 15 is 0 Å². The summed E-state index contributed by atoms with van der Waals surface area (Å²) in [6.07, 6.45) is 0.899. The molecule has 1 aromatic rings. The van der Waals surface area contributed by atoms with Gasteiger partial charge in [0.1, 0.15) is 5.82 Å². The van der Waals surface area contributed by atoms with Crippen molar-refractivity contribution in [1.29, 1.82) is 0 Å². The van der Waals surface area contributed by atoms with Crippen LogP contribution in [0, 0.1) is 5.82 Å². The predicted octanol–water partition coefficient (Wildman–Crippen LogP) is 1.54. The number of anilines is 1. The Kier molecular flexibility index (Phi) is 3.41. The standard InChI is InChI=1S/C12H16FNO2/c1-14(10-5-6-16-8-10)12-9(7-15)3-2-4-11(12)13/h2-4,10,15H,5-8H2,1H3. The molecule has 2 rings (SSSR count). The summed E-state index contributed by atoms with van der Waals surface area (Å²) in [5, 5.41) is 9.21. The third kappa shape index (κ3) is 2.03. The van der Waals surface area contributed by atoms with E-state index < -0.39 is 0 Å². The Labute approximate surface area is 94.4 Å². The van der Waals surface area contributed by atoms with Gasteiger partial charge in [-0.1, -0.05) is 12.1 Å². The molecule has 0 aliphatic carbocycles. The van der Waals surface area contributed by atoms with Gasteiger partial charge in [-0.25, -0.2) is 4.39 Å². The molecule has 0 amide bonds. The van der Waals surface area contributed by atoms with Crippen molar-refractivity contribution in [3.63, 3.8) is 0 Å².